The van der Waals surface area contributed by atoms with Gasteiger partial charge < -0.3 is 15.4 Å². The Bertz CT molecular complexity index is 816. The maximum atomic E-state index is 5.71. The van der Waals surface area contributed by atoms with E-state index in [2.05, 4.69) is 19.9 Å². The highest BCUT2D eigenvalue weighted by Gasteiger charge is 2.12. The van der Waals surface area contributed by atoms with E-state index in [1.54, 1.807) is 13.3 Å². The second-order valence-corrected chi connectivity index (χ2v) is 4.96. The van der Waals surface area contributed by atoms with Crippen molar-refractivity contribution in [3.8, 4) is 17.0 Å². The lowest BCUT2D eigenvalue weighted by Gasteiger charge is -2.13. The third kappa shape index (κ3) is 2.48. The highest BCUT2D eigenvalue weighted by atomic mass is 16.5. The standard InChI is InChI=1S/C15H16N6O/c1-21(2)14-12-13(19-15(16)20-14)17-8-11(18-12)9-4-6-10(22-3)7-5-9/h4-8H,1-3H3,(H2,16,17,19,20). The SMILES string of the molecule is COc1ccc(-c2cnc3nc(N)nc(N(C)C)c3n2)cc1. The van der Waals surface area contributed by atoms with E-state index in [-0.39, 0.29) is 5.95 Å². The van der Waals surface area contributed by atoms with Crippen molar-refractivity contribution in [3.63, 3.8) is 0 Å². The van der Waals surface area contributed by atoms with Crippen LogP contribution < -0.4 is 15.4 Å². The van der Waals surface area contributed by atoms with Gasteiger partial charge in [0.25, 0.3) is 0 Å². The smallest absolute Gasteiger partial charge is 0.224 e. The summed E-state index contributed by atoms with van der Waals surface area (Å²) in [7, 11) is 5.39. The number of anilines is 2. The van der Waals surface area contributed by atoms with E-state index in [1.807, 2.05) is 43.3 Å². The summed E-state index contributed by atoms with van der Waals surface area (Å²) in [6.07, 6.45) is 1.68. The van der Waals surface area contributed by atoms with Gasteiger partial charge in [-0.15, -0.1) is 0 Å². The van der Waals surface area contributed by atoms with E-state index >= 15 is 0 Å². The molecule has 0 saturated heterocycles. The average molecular weight is 296 g/mol. The summed E-state index contributed by atoms with van der Waals surface area (Å²) in [6, 6.07) is 7.63. The summed E-state index contributed by atoms with van der Waals surface area (Å²) in [6.45, 7) is 0. The Morgan fingerprint density at radius 1 is 1.05 bits per heavy atom. The minimum Gasteiger partial charge on any atom is -0.497 e. The highest BCUT2D eigenvalue weighted by Crippen LogP contribution is 2.25. The molecule has 3 rings (SSSR count). The van der Waals surface area contributed by atoms with Crippen molar-refractivity contribution in [1.82, 2.24) is 19.9 Å². The number of nitrogens with two attached hydrogens (primary N) is 1. The van der Waals surface area contributed by atoms with Crippen LogP contribution in [0.2, 0.25) is 0 Å². The van der Waals surface area contributed by atoms with E-state index in [9.17, 15) is 0 Å². The van der Waals surface area contributed by atoms with Gasteiger partial charge in [0.1, 0.15) is 5.75 Å². The monoisotopic (exact) mass is 296 g/mol. The molecule has 0 atom stereocenters. The Morgan fingerprint density at radius 2 is 1.77 bits per heavy atom. The molecule has 2 aromatic heterocycles. The van der Waals surface area contributed by atoms with Crippen LogP contribution in [0.1, 0.15) is 0 Å². The lowest BCUT2D eigenvalue weighted by atomic mass is 10.1. The van der Waals surface area contributed by atoms with Crippen LogP contribution in [0.4, 0.5) is 11.8 Å². The van der Waals surface area contributed by atoms with E-state index in [1.165, 1.54) is 0 Å². The first-order valence-electron chi connectivity index (χ1n) is 6.70. The molecule has 2 N–H and O–H groups in total. The Morgan fingerprint density at radius 3 is 2.41 bits per heavy atom. The minimum atomic E-state index is 0.183. The second-order valence-electron chi connectivity index (χ2n) is 4.96. The van der Waals surface area contributed by atoms with E-state index in [4.69, 9.17) is 10.5 Å². The van der Waals surface area contributed by atoms with Crippen molar-refractivity contribution in [2.24, 2.45) is 0 Å². The molecule has 0 radical (unpaired) electrons. The van der Waals surface area contributed by atoms with Crippen molar-refractivity contribution >= 4 is 22.9 Å². The van der Waals surface area contributed by atoms with Crippen LogP contribution in [0.15, 0.2) is 30.5 Å². The van der Waals surface area contributed by atoms with Gasteiger partial charge in [0.05, 0.1) is 19.0 Å². The fourth-order valence-corrected chi connectivity index (χ4v) is 2.12. The summed E-state index contributed by atoms with van der Waals surface area (Å²) in [5.74, 6) is 1.62. The molecule has 7 heteroatoms. The summed E-state index contributed by atoms with van der Waals surface area (Å²) in [4.78, 5) is 19.2. The van der Waals surface area contributed by atoms with Crippen molar-refractivity contribution in [2.45, 2.75) is 0 Å². The second kappa shape index (κ2) is 5.44. The van der Waals surface area contributed by atoms with Gasteiger partial charge in [0, 0.05) is 19.7 Å². The highest BCUT2D eigenvalue weighted by molar-refractivity contribution is 5.85. The molecule has 112 valence electrons. The summed E-state index contributed by atoms with van der Waals surface area (Å²) >= 11 is 0. The zero-order chi connectivity index (χ0) is 15.7. The molecule has 0 unspecified atom stereocenters. The van der Waals surface area contributed by atoms with Gasteiger partial charge in [-0.1, -0.05) is 0 Å². The van der Waals surface area contributed by atoms with Gasteiger partial charge in [0.2, 0.25) is 5.95 Å². The third-order valence-corrected chi connectivity index (χ3v) is 3.22. The van der Waals surface area contributed by atoms with Crippen LogP contribution in [0.25, 0.3) is 22.4 Å². The van der Waals surface area contributed by atoms with E-state index in [0.29, 0.717) is 17.0 Å². The minimum absolute atomic E-state index is 0.183. The molecule has 2 heterocycles. The van der Waals surface area contributed by atoms with Gasteiger partial charge in [-0.25, -0.2) is 9.97 Å². The quantitative estimate of drug-likeness (QED) is 0.787. The summed E-state index contributed by atoms with van der Waals surface area (Å²) < 4.78 is 5.16. The normalized spacial score (nSPS) is 10.7. The molecule has 0 aliphatic rings. The van der Waals surface area contributed by atoms with Crippen molar-refractivity contribution in [1.29, 1.82) is 0 Å². The van der Waals surface area contributed by atoms with Gasteiger partial charge >= 0.3 is 0 Å². The van der Waals surface area contributed by atoms with Crippen LogP contribution in [0.3, 0.4) is 0 Å². The van der Waals surface area contributed by atoms with Gasteiger partial charge in [-0.3, -0.25) is 0 Å². The summed E-state index contributed by atoms with van der Waals surface area (Å²) in [5, 5.41) is 0. The maximum Gasteiger partial charge on any atom is 0.224 e. The van der Waals surface area contributed by atoms with Crippen LogP contribution in [0.5, 0.6) is 5.75 Å². The molecular formula is C15H16N6O. The molecule has 0 aliphatic heterocycles. The number of benzene rings is 1. The first kappa shape index (κ1) is 14.0. The van der Waals surface area contributed by atoms with Gasteiger partial charge in [0.15, 0.2) is 17.0 Å². The molecular weight excluding hydrogens is 280 g/mol. The molecule has 0 amide bonds. The Labute approximate surface area is 127 Å². The predicted octanol–water partition coefficient (Wildman–Crippen LogP) is 1.74. The number of rotatable bonds is 3. The van der Waals surface area contributed by atoms with Crippen molar-refractivity contribution in [3.05, 3.63) is 30.5 Å². The Hall–Kier alpha value is -2.96. The maximum absolute atomic E-state index is 5.71. The van der Waals surface area contributed by atoms with Gasteiger partial charge in [-0.2, -0.15) is 9.97 Å². The Balaban J connectivity index is 2.15. The van der Waals surface area contributed by atoms with Gasteiger partial charge in [-0.05, 0) is 24.3 Å². The van der Waals surface area contributed by atoms with Crippen LogP contribution >= 0.6 is 0 Å². The Kier molecular flexibility index (Phi) is 3.46. The van der Waals surface area contributed by atoms with Crippen molar-refractivity contribution < 1.29 is 4.74 Å². The first-order valence-corrected chi connectivity index (χ1v) is 6.70. The number of aromatic nitrogens is 4. The lowest BCUT2D eigenvalue weighted by molar-refractivity contribution is 0.415. The largest absolute Gasteiger partial charge is 0.497 e. The molecule has 7 nitrogen and oxygen atoms in total. The number of hydrogen-bond acceptors (Lipinski definition) is 7. The average Bonchev–Trinajstić information content (AvgIpc) is 2.53. The van der Waals surface area contributed by atoms with Crippen LogP contribution in [0, 0.1) is 0 Å². The fourth-order valence-electron chi connectivity index (χ4n) is 2.12. The zero-order valence-electron chi connectivity index (χ0n) is 12.6. The van der Waals surface area contributed by atoms with Crippen molar-refractivity contribution in [2.75, 3.05) is 31.8 Å². The number of hydrogen-bond donors (Lipinski definition) is 1. The molecule has 0 saturated carbocycles. The van der Waals surface area contributed by atoms with Crippen LogP contribution in [-0.4, -0.2) is 41.1 Å². The number of ether oxygens (including phenoxy) is 1. The molecule has 0 spiro atoms. The number of nitrogens with zero attached hydrogens (tertiary/aromatic N) is 5. The van der Waals surface area contributed by atoms with E-state index in [0.717, 1.165) is 17.0 Å². The van der Waals surface area contributed by atoms with E-state index < -0.39 is 0 Å². The zero-order valence-corrected chi connectivity index (χ0v) is 12.6. The molecule has 0 fully saturated rings. The molecule has 1 aromatic carbocycles. The first-order chi connectivity index (χ1) is 10.6. The summed E-state index contributed by atoms with van der Waals surface area (Å²) in [5.41, 5.74) is 8.49. The number of fused-ring (bicyclic) bond motifs is 1. The molecule has 3 aromatic rings. The number of nitrogen functional groups attached to an aromatic ring is 1. The fraction of sp³-hybridized carbons (Fsp3) is 0.200. The third-order valence-electron chi connectivity index (χ3n) is 3.22. The topological polar surface area (TPSA) is 90.0 Å². The molecule has 0 aliphatic carbocycles. The predicted molar refractivity (Wildman–Crippen MR) is 85.9 cm³/mol. The molecule has 22 heavy (non-hydrogen) atoms. The lowest BCUT2D eigenvalue weighted by Crippen LogP contribution is -2.14. The number of methoxy groups -OCH3 is 1. The van der Waals surface area contributed by atoms with Crippen LogP contribution in [-0.2, 0) is 0 Å². The molecule has 0 bridgehead atoms.